The zero-order valence-corrected chi connectivity index (χ0v) is 17.8. The van der Waals surface area contributed by atoms with Gasteiger partial charge < -0.3 is 14.5 Å². The number of anilines is 1. The summed E-state index contributed by atoms with van der Waals surface area (Å²) in [6.45, 7) is 4.48. The van der Waals surface area contributed by atoms with Crippen molar-refractivity contribution in [3.8, 4) is 11.3 Å². The minimum atomic E-state index is -0.115. The van der Waals surface area contributed by atoms with Crippen LogP contribution in [0.25, 0.3) is 11.3 Å². The summed E-state index contributed by atoms with van der Waals surface area (Å²) in [4.78, 5) is 16.5. The van der Waals surface area contributed by atoms with Crippen molar-refractivity contribution in [3.63, 3.8) is 0 Å². The number of benzene rings is 2. The Balaban J connectivity index is 1.55. The van der Waals surface area contributed by atoms with Crippen molar-refractivity contribution in [2.24, 2.45) is 0 Å². The molecule has 0 aliphatic rings. The number of carbonyl (C=O) groups is 1. The van der Waals surface area contributed by atoms with Gasteiger partial charge in [-0.25, -0.2) is 4.98 Å². The minimum Gasteiger partial charge on any atom is -0.441 e. The molecule has 3 aromatic rings. The monoisotopic (exact) mass is 432 g/mol. The quantitative estimate of drug-likeness (QED) is 0.463. The van der Waals surface area contributed by atoms with Crippen LogP contribution < -0.4 is 5.32 Å². The second-order valence-electron chi connectivity index (χ2n) is 6.85. The fourth-order valence-corrected chi connectivity index (χ4v) is 3.19. The number of hydrogen-bond donors (Lipinski definition) is 1. The van der Waals surface area contributed by atoms with E-state index in [1.54, 1.807) is 24.4 Å². The van der Waals surface area contributed by atoms with Crippen molar-refractivity contribution in [2.45, 2.75) is 39.4 Å². The molecule has 7 heteroatoms. The number of nitrogens with one attached hydrogen (secondary N) is 1. The molecule has 1 N–H and O–H groups in total. The standard InChI is InChI=1S/C22H22Cl2N2O3/c1-14(2)28-13-15-4-3-5-17(10-15)26-21(27)8-9-22-25-12-20(29-22)18-7-6-16(23)11-19(18)24/h3-7,10-12,14H,8-9,13H2,1-2H3,(H,26,27). The molecule has 1 amide bonds. The number of nitrogens with zero attached hydrogens (tertiary/aromatic N) is 1. The first-order valence-corrected chi connectivity index (χ1v) is 10.1. The molecule has 0 aliphatic heterocycles. The average molecular weight is 433 g/mol. The van der Waals surface area contributed by atoms with E-state index in [4.69, 9.17) is 32.4 Å². The number of ether oxygens (including phenoxy) is 1. The van der Waals surface area contributed by atoms with E-state index in [1.807, 2.05) is 38.1 Å². The lowest BCUT2D eigenvalue weighted by Crippen LogP contribution is -2.12. The Bertz CT molecular complexity index is 986. The van der Waals surface area contributed by atoms with Crippen LogP contribution in [0.2, 0.25) is 10.0 Å². The SMILES string of the molecule is CC(C)OCc1cccc(NC(=O)CCc2ncc(-c3ccc(Cl)cc3Cl)o2)c1. The topological polar surface area (TPSA) is 64.4 Å². The lowest BCUT2D eigenvalue weighted by Gasteiger charge is -2.09. The van der Waals surface area contributed by atoms with E-state index in [0.717, 1.165) is 11.3 Å². The lowest BCUT2D eigenvalue weighted by molar-refractivity contribution is -0.116. The van der Waals surface area contributed by atoms with E-state index in [2.05, 4.69) is 10.3 Å². The van der Waals surface area contributed by atoms with Crippen molar-refractivity contribution in [1.82, 2.24) is 4.98 Å². The number of halogens is 2. The van der Waals surface area contributed by atoms with E-state index in [1.165, 1.54) is 0 Å². The highest BCUT2D eigenvalue weighted by molar-refractivity contribution is 6.36. The predicted octanol–water partition coefficient (Wildman–Crippen LogP) is 6.14. The Morgan fingerprint density at radius 3 is 2.79 bits per heavy atom. The molecule has 0 fully saturated rings. The summed E-state index contributed by atoms with van der Waals surface area (Å²) in [7, 11) is 0. The molecular formula is C22H22Cl2N2O3. The number of oxazole rings is 1. The summed E-state index contributed by atoms with van der Waals surface area (Å²) in [6, 6.07) is 12.8. The molecule has 2 aromatic carbocycles. The molecule has 0 aliphatic carbocycles. The summed E-state index contributed by atoms with van der Waals surface area (Å²) in [6.07, 6.45) is 2.39. The van der Waals surface area contributed by atoms with Crippen LogP contribution >= 0.6 is 23.2 Å². The first kappa shape index (κ1) is 21.4. The molecule has 0 radical (unpaired) electrons. The molecule has 0 spiro atoms. The number of hydrogen-bond acceptors (Lipinski definition) is 4. The van der Waals surface area contributed by atoms with Crippen molar-refractivity contribution >= 4 is 34.8 Å². The fraction of sp³-hybridized carbons (Fsp3) is 0.273. The zero-order valence-electron chi connectivity index (χ0n) is 16.2. The summed E-state index contributed by atoms with van der Waals surface area (Å²) in [5.41, 5.74) is 2.45. The average Bonchev–Trinajstić information content (AvgIpc) is 3.14. The van der Waals surface area contributed by atoms with Gasteiger partial charge in [0.1, 0.15) is 0 Å². The number of rotatable bonds is 8. The van der Waals surface area contributed by atoms with E-state index in [-0.39, 0.29) is 18.4 Å². The highest BCUT2D eigenvalue weighted by Gasteiger charge is 2.12. The maximum Gasteiger partial charge on any atom is 0.224 e. The van der Waals surface area contributed by atoms with Crippen LogP contribution in [-0.4, -0.2) is 17.0 Å². The Hall–Kier alpha value is -2.34. The summed E-state index contributed by atoms with van der Waals surface area (Å²) < 4.78 is 11.3. The van der Waals surface area contributed by atoms with E-state index < -0.39 is 0 Å². The summed E-state index contributed by atoms with van der Waals surface area (Å²) in [5.74, 6) is 0.899. The van der Waals surface area contributed by atoms with Gasteiger partial charge >= 0.3 is 0 Å². The molecule has 3 rings (SSSR count). The molecule has 0 bridgehead atoms. The van der Waals surface area contributed by atoms with Gasteiger partial charge in [0.15, 0.2) is 11.7 Å². The van der Waals surface area contributed by atoms with Crippen molar-refractivity contribution in [1.29, 1.82) is 0 Å². The summed E-state index contributed by atoms with van der Waals surface area (Å²) in [5, 5.41) is 3.93. The van der Waals surface area contributed by atoms with Crippen LogP contribution in [0.4, 0.5) is 5.69 Å². The number of aromatic nitrogens is 1. The van der Waals surface area contributed by atoms with Crippen molar-refractivity contribution < 1.29 is 13.9 Å². The third kappa shape index (κ3) is 6.32. The lowest BCUT2D eigenvalue weighted by atomic mass is 10.2. The molecule has 0 atom stereocenters. The van der Waals surface area contributed by atoms with Gasteiger partial charge in [-0.05, 0) is 49.7 Å². The first-order chi connectivity index (χ1) is 13.9. The molecule has 152 valence electrons. The van der Waals surface area contributed by atoms with Crippen LogP contribution in [0.3, 0.4) is 0 Å². The van der Waals surface area contributed by atoms with E-state index in [9.17, 15) is 4.79 Å². The van der Waals surface area contributed by atoms with Gasteiger partial charge in [-0.15, -0.1) is 0 Å². The molecule has 1 heterocycles. The molecule has 5 nitrogen and oxygen atoms in total. The predicted molar refractivity (Wildman–Crippen MR) is 115 cm³/mol. The number of carbonyl (C=O) groups excluding carboxylic acids is 1. The number of amides is 1. The van der Waals surface area contributed by atoms with E-state index >= 15 is 0 Å². The second-order valence-corrected chi connectivity index (χ2v) is 7.69. The largest absolute Gasteiger partial charge is 0.441 e. The maximum atomic E-state index is 12.3. The fourth-order valence-electron chi connectivity index (χ4n) is 2.69. The molecule has 0 unspecified atom stereocenters. The van der Waals surface area contributed by atoms with Crippen LogP contribution in [0.1, 0.15) is 31.7 Å². The first-order valence-electron chi connectivity index (χ1n) is 9.31. The van der Waals surface area contributed by atoms with Crippen molar-refractivity contribution in [2.75, 3.05) is 5.32 Å². The van der Waals surface area contributed by atoms with Gasteiger partial charge in [0, 0.05) is 29.1 Å². The Morgan fingerprint density at radius 2 is 2.03 bits per heavy atom. The molecule has 1 aromatic heterocycles. The Kier molecular flexibility index (Phi) is 7.31. The van der Waals surface area contributed by atoms with Gasteiger partial charge in [-0.3, -0.25) is 4.79 Å². The van der Waals surface area contributed by atoms with Crippen LogP contribution in [0.5, 0.6) is 0 Å². The number of aryl methyl sites for hydroxylation is 1. The van der Waals surface area contributed by atoms with Gasteiger partial charge in [-0.1, -0.05) is 35.3 Å². The van der Waals surface area contributed by atoms with Gasteiger partial charge in [0.05, 0.1) is 23.9 Å². The van der Waals surface area contributed by atoms with Crippen LogP contribution in [-0.2, 0) is 22.6 Å². The van der Waals surface area contributed by atoms with E-state index in [0.29, 0.717) is 40.3 Å². The second kappa shape index (κ2) is 9.92. The Labute approximate surface area is 180 Å². The van der Waals surface area contributed by atoms with Gasteiger partial charge in [0.2, 0.25) is 5.91 Å². The maximum absolute atomic E-state index is 12.3. The highest BCUT2D eigenvalue weighted by atomic mass is 35.5. The molecule has 0 saturated carbocycles. The highest BCUT2D eigenvalue weighted by Crippen LogP contribution is 2.30. The third-order valence-corrected chi connectivity index (χ3v) is 4.66. The third-order valence-electron chi connectivity index (χ3n) is 4.11. The Morgan fingerprint density at radius 1 is 1.21 bits per heavy atom. The van der Waals surface area contributed by atoms with Crippen molar-refractivity contribution in [3.05, 3.63) is 70.2 Å². The van der Waals surface area contributed by atoms with Gasteiger partial charge in [-0.2, -0.15) is 0 Å². The zero-order chi connectivity index (χ0) is 20.8. The van der Waals surface area contributed by atoms with Crippen LogP contribution in [0.15, 0.2) is 53.1 Å². The van der Waals surface area contributed by atoms with Gasteiger partial charge in [0.25, 0.3) is 0 Å². The smallest absolute Gasteiger partial charge is 0.224 e. The molecule has 29 heavy (non-hydrogen) atoms. The molecular weight excluding hydrogens is 411 g/mol. The molecule has 0 saturated heterocycles. The minimum absolute atomic E-state index is 0.115. The normalized spacial score (nSPS) is 11.1. The summed E-state index contributed by atoms with van der Waals surface area (Å²) >= 11 is 12.1. The van der Waals surface area contributed by atoms with Crippen LogP contribution in [0, 0.1) is 0 Å².